The molecule has 2 rings (SSSR count). The Kier molecular flexibility index (Phi) is 5.40. The first-order valence-electron chi connectivity index (χ1n) is 6.79. The molecule has 1 nitrogen and oxygen atoms in total. The van der Waals surface area contributed by atoms with Crippen LogP contribution in [0.25, 0.3) is 0 Å². The van der Waals surface area contributed by atoms with Crippen LogP contribution in [0.1, 0.15) is 36.9 Å². The van der Waals surface area contributed by atoms with Gasteiger partial charge in [0.15, 0.2) is 0 Å². The smallest absolute Gasteiger partial charge is 0.0438 e. The van der Waals surface area contributed by atoms with Gasteiger partial charge in [0.05, 0.1) is 0 Å². The molecule has 0 radical (unpaired) electrons. The summed E-state index contributed by atoms with van der Waals surface area (Å²) in [7, 11) is 0. The molecule has 2 atom stereocenters. The van der Waals surface area contributed by atoms with Crippen LogP contribution in [0.3, 0.4) is 0 Å². The van der Waals surface area contributed by atoms with E-state index in [1.54, 1.807) is 0 Å². The van der Waals surface area contributed by atoms with Crippen molar-refractivity contribution < 1.29 is 0 Å². The van der Waals surface area contributed by atoms with Gasteiger partial charge in [-0.3, -0.25) is 0 Å². The zero-order valence-corrected chi connectivity index (χ0v) is 12.8. The molecule has 1 N–H and O–H groups in total. The van der Waals surface area contributed by atoms with Crippen molar-refractivity contribution in [2.45, 2.75) is 32.7 Å². The van der Waals surface area contributed by atoms with Crippen molar-refractivity contribution in [3.63, 3.8) is 0 Å². The Bertz CT molecular complexity index is 388. The molecule has 0 aromatic heterocycles. The molecule has 18 heavy (non-hydrogen) atoms. The first-order chi connectivity index (χ1) is 8.72. The normalized spacial score (nSPS) is 21.2. The summed E-state index contributed by atoms with van der Waals surface area (Å²) in [5, 5.41) is 4.59. The monoisotopic (exact) mass is 283 g/mol. The summed E-state index contributed by atoms with van der Waals surface area (Å²) in [6, 6.07) is 6.99. The van der Waals surface area contributed by atoms with Gasteiger partial charge in [0.2, 0.25) is 0 Å². The average molecular weight is 284 g/mol. The molecule has 1 aromatic carbocycles. The van der Waals surface area contributed by atoms with Crippen molar-refractivity contribution in [3.8, 4) is 0 Å². The molecule has 100 valence electrons. The highest BCUT2D eigenvalue weighted by Gasteiger charge is 2.26. The maximum absolute atomic E-state index is 6.27. The first-order valence-corrected chi connectivity index (χ1v) is 8.32. The van der Waals surface area contributed by atoms with E-state index in [1.165, 1.54) is 29.9 Å². The number of nitrogens with one attached hydrogen (secondary N) is 1. The molecule has 1 aliphatic heterocycles. The molecule has 0 spiro atoms. The van der Waals surface area contributed by atoms with E-state index in [1.807, 2.05) is 0 Å². The van der Waals surface area contributed by atoms with E-state index in [0.29, 0.717) is 6.04 Å². The molecule has 0 bridgehead atoms. The molecular weight excluding hydrogens is 262 g/mol. The molecule has 0 amide bonds. The molecule has 2 unspecified atom stereocenters. The Labute approximate surface area is 120 Å². The second-order valence-electron chi connectivity index (χ2n) is 5.06. The summed E-state index contributed by atoms with van der Waals surface area (Å²) >= 11 is 8.34. The van der Waals surface area contributed by atoms with Crippen LogP contribution in [-0.4, -0.2) is 18.1 Å². The minimum atomic E-state index is 0.470. The second-order valence-corrected chi connectivity index (χ2v) is 6.62. The number of halogens is 1. The van der Waals surface area contributed by atoms with Gasteiger partial charge in [-0.2, -0.15) is 11.8 Å². The van der Waals surface area contributed by atoms with Crippen LogP contribution in [-0.2, 0) is 0 Å². The van der Waals surface area contributed by atoms with Gasteiger partial charge in [0.25, 0.3) is 0 Å². The van der Waals surface area contributed by atoms with E-state index in [4.69, 9.17) is 11.6 Å². The van der Waals surface area contributed by atoms with Gasteiger partial charge in [-0.1, -0.05) is 30.7 Å². The summed E-state index contributed by atoms with van der Waals surface area (Å²) in [5.74, 6) is 3.32. The van der Waals surface area contributed by atoms with Crippen LogP contribution in [0.4, 0.5) is 0 Å². The maximum Gasteiger partial charge on any atom is 0.0438 e. The Balaban J connectivity index is 2.17. The standard InChI is InChI=1S/C15H22ClNS/c1-3-7-17-15(13-6-8-18-10-13)12-5-4-11(2)14(16)9-12/h4-5,9,13,15,17H,3,6-8,10H2,1-2H3. The molecule has 0 saturated carbocycles. The van der Waals surface area contributed by atoms with Crippen molar-refractivity contribution in [2.75, 3.05) is 18.1 Å². The van der Waals surface area contributed by atoms with E-state index >= 15 is 0 Å². The van der Waals surface area contributed by atoms with Gasteiger partial charge in [0.1, 0.15) is 0 Å². The summed E-state index contributed by atoms with van der Waals surface area (Å²) in [6.07, 6.45) is 2.49. The summed E-state index contributed by atoms with van der Waals surface area (Å²) in [5.41, 5.74) is 2.52. The van der Waals surface area contributed by atoms with Crippen LogP contribution in [0, 0.1) is 12.8 Å². The van der Waals surface area contributed by atoms with Gasteiger partial charge in [0, 0.05) is 11.1 Å². The molecular formula is C15H22ClNS. The minimum absolute atomic E-state index is 0.470. The average Bonchev–Trinajstić information content (AvgIpc) is 2.88. The molecule has 1 saturated heterocycles. The first kappa shape index (κ1) is 14.2. The van der Waals surface area contributed by atoms with Gasteiger partial charge in [-0.25, -0.2) is 0 Å². The predicted molar refractivity (Wildman–Crippen MR) is 82.7 cm³/mol. The topological polar surface area (TPSA) is 12.0 Å². The Morgan fingerprint density at radius 3 is 2.94 bits per heavy atom. The molecule has 1 fully saturated rings. The Hall–Kier alpha value is -0.180. The van der Waals surface area contributed by atoms with Gasteiger partial charge < -0.3 is 5.32 Å². The van der Waals surface area contributed by atoms with E-state index in [0.717, 1.165) is 23.0 Å². The molecule has 1 heterocycles. The summed E-state index contributed by atoms with van der Waals surface area (Å²) in [4.78, 5) is 0. The van der Waals surface area contributed by atoms with Crippen molar-refractivity contribution in [2.24, 2.45) is 5.92 Å². The van der Waals surface area contributed by atoms with Gasteiger partial charge in [-0.15, -0.1) is 0 Å². The fourth-order valence-electron chi connectivity index (χ4n) is 2.47. The number of thioether (sulfide) groups is 1. The summed E-state index contributed by atoms with van der Waals surface area (Å²) in [6.45, 7) is 5.36. The lowest BCUT2D eigenvalue weighted by Crippen LogP contribution is -2.29. The molecule has 1 aliphatic rings. The van der Waals surface area contributed by atoms with E-state index < -0.39 is 0 Å². The van der Waals surface area contributed by atoms with Crippen molar-refractivity contribution in [3.05, 3.63) is 34.3 Å². The quantitative estimate of drug-likeness (QED) is 0.857. The van der Waals surface area contributed by atoms with E-state index in [2.05, 4.69) is 49.1 Å². The van der Waals surface area contributed by atoms with Crippen molar-refractivity contribution >= 4 is 23.4 Å². The summed E-state index contributed by atoms with van der Waals surface area (Å²) < 4.78 is 0. The third kappa shape index (κ3) is 3.43. The third-order valence-electron chi connectivity index (χ3n) is 3.61. The number of rotatable bonds is 5. The minimum Gasteiger partial charge on any atom is -0.310 e. The van der Waals surface area contributed by atoms with Crippen LogP contribution < -0.4 is 5.32 Å². The van der Waals surface area contributed by atoms with Crippen molar-refractivity contribution in [1.29, 1.82) is 0 Å². The van der Waals surface area contributed by atoms with Crippen molar-refractivity contribution in [1.82, 2.24) is 5.32 Å². The Morgan fingerprint density at radius 2 is 2.33 bits per heavy atom. The number of hydrogen-bond acceptors (Lipinski definition) is 2. The van der Waals surface area contributed by atoms with Crippen LogP contribution in [0.15, 0.2) is 18.2 Å². The second kappa shape index (κ2) is 6.83. The predicted octanol–water partition coefficient (Wildman–Crippen LogP) is 4.44. The van der Waals surface area contributed by atoms with Crippen LogP contribution >= 0.6 is 23.4 Å². The fraction of sp³-hybridized carbons (Fsp3) is 0.600. The third-order valence-corrected chi connectivity index (χ3v) is 5.20. The number of hydrogen-bond donors (Lipinski definition) is 1. The lowest BCUT2D eigenvalue weighted by Gasteiger charge is -2.25. The highest BCUT2D eigenvalue weighted by atomic mass is 35.5. The lowest BCUT2D eigenvalue weighted by molar-refractivity contribution is 0.394. The lowest BCUT2D eigenvalue weighted by atomic mass is 9.92. The highest BCUT2D eigenvalue weighted by Crippen LogP contribution is 2.35. The maximum atomic E-state index is 6.27. The fourth-order valence-corrected chi connectivity index (χ4v) is 3.96. The largest absolute Gasteiger partial charge is 0.310 e. The number of aryl methyl sites for hydroxylation is 1. The van der Waals surface area contributed by atoms with E-state index in [9.17, 15) is 0 Å². The zero-order valence-electron chi connectivity index (χ0n) is 11.2. The molecule has 1 aromatic rings. The van der Waals surface area contributed by atoms with Crippen LogP contribution in [0.5, 0.6) is 0 Å². The van der Waals surface area contributed by atoms with Gasteiger partial charge >= 0.3 is 0 Å². The Morgan fingerprint density at radius 1 is 1.50 bits per heavy atom. The number of benzene rings is 1. The van der Waals surface area contributed by atoms with E-state index in [-0.39, 0.29) is 0 Å². The zero-order chi connectivity index (χ0) is 13.0. The highest BCUT2D eigenvalue weighted by molar-refractivity contribution is 7.99. The molecule has 0 aliphatic carbocycles. The van der Waals surface area contributed by atoms with Crippen LogP contribution in [0.2, 0.25) is 5.02 Å². The van der Waals surface area contributed by atoms with Gasteiger partial charge in [-0.05, 0) is 60.9 Å². The molecule has 3 heteroatoms. The SMILES string of the molecule is CCCNC(c1ccc(C)c(Cl)c1)C1CCSC1.